The first-order chi connectivity index (χ1) is 9.65. The van der Waals surface area contributed by atoms with Crippen molar-refractivity contribution in [1.82, 2.24) is 10.2 Å². The van der Waals surface area contributed by atoms with E-state index >= 15 is 0 Å². The Morgan fingerprint density at radius 3 is 2.15 bits per heavy atom. The van der Waals surface area contributed by atoms with E-state index in [4.69, 9.17) is 0 Å². The molecule has 1 heterocycles. The molecule has 2 nitrogen and oxygen atoms in total. The van der Waals surface area contributed by atoms with E-state index in [9.17, 15) is 0 Å². The third kappa shape index (κ3) is 4.46. The minimum Gasteiger partial charge on any atom is -0.316 e. The Morgan fingerprint density at radius 2 is 1.60 bits per heavy atom. The summed E-state index contributed by atoms with van der Waals surface area (Å²) >= 11 is 0. The molecule has 0 spiro atoms. The molecule has 20 heavy (non-hydrogen) atoms. The van der Waals surface area contributed by atoms with Gasteiger partial charge in [-0.05, 0) is 43.1 Å². The third-order valence-corrected chi connectivity index (χ3v) is 5.71. The van der Waals surface area contributed by atoms with Crippen molar-refractivity contribution in [1.29, 1.82) is 0 Å². The van der Waals surface area contributed by atoms with Gasteiger partial charge in [0, 0.05) is 26.2 Å². The van der Waals surface area contributed by atoms with Crippen LogP contribution >= 0.6 is 0 Å². The first-order valence-corrected chi connectivity index (χ1v) is 9.08. The maximum atomic E-state index is 3.74. The Morgan fingerprint density at radius 1 is 1.00 bits per heavy atom. The van der Waals surface area contributed by atoms with Crippen LogP contribution in [0.3, 0.4) is 0 Å². The molecule has 0 aromatic carbocycles. The van der Waals surface area contributed by atoms with Crippen molar-refractivity contribution >= 4 is 0 Å². The Kier molecular flexibility index (Phi) is 6.35. The summed E-state index contributed by atoms with van der Waals surface area (Å²) in [6.45, 7) is 13.6. The maximum absolute atomic E-state index is 3.74. The van der Waals surface area contributed by atoms with Gasteiger partial charge in [-0.2, -0.15) is 0 Å². The van der Waals surface area contributed by atoms with Crippen molar-refractivity contribution in [2.75, 3.05) is 32.7 Å². The fraction of sp³-hybridized carbons (Fsp3) is 1.00. The summed E-state index contributed by atoms with van der Waals surface area (Å²) in [4.78, 5) is 2.77. The van der Waals surface area contributed by atoms with Crippen LogP contribution in [0.15, 0.2) is 0 Å². The molecule has 1 saturated heterocycles. The maximum Gasteiger partial charge on any atom is 0.00504 e. The van der Waals surface area contributed by atoms with Crippen molar-refractivity contribution in [2.45, 2.75) is 65.7 Å². The largest absolute Gasteiger partial charge is 0.316 e. The molecule has 1 N–H and O–H groups in total. The SMILES string of the molecule is CCCNCC1(CN2CC(C)C(C)C2)CCCCCC1. The Labute approximate surface area is 126 Å². The van der Waals surface area contributed by atoms with Gasteiger partial charge >= 0.3 is 0 Å². The molecule has 2 rings (SSSR count). The fourth-order valence-corrected chi connectivity index (χ4v) is 4.25. The van der Waals surface area contributed by atoms with Gasteiger partial charge in [-0.15, -0.1) is 0 Å². The highest BCUT2D eigenvalue weighted by molar-refractivity contribution is 4.90. The highest BCUT2D eigenvalue weighted by atomic mass is 15.2. The number of rotatable bonds is 6. The first-order valence-electron chi connectivity index (χ1n) is 9.08. The van der Waals surface area contributed by atoms with Gasteiger partial charge in [0.15, 0.2) is 0 Å². The molecule has 0 radical (unpaired) electrons. The average Bonchev–Trinajstić information content (AvgIpc) is 2.63. The van der Waals surface area contributed by atoms with Crippen LogP contribution in [0.1, 0.15) is 65.7 Å². The Balaban J connectivity index is 1.94. The number of hydrogen-bond donors (Lipinski definition) is 1. The Bertz CT molecular complexity index is 259. The molecule has 1 aliphatic carbocycles. The standard InChI is InChI=1S/C18H36N2/c1-4-11-19-14-18(9-7-5-6-8-10-18)15-20-12-16(2)17(3)13-20/h16-17,19H,4-15H2,1-3H3. The molecule has 0 amide bonds. The topological polar surface area (TPSA) is 15.3 Å². The van der Waals surface area contributed by atoms with E-state index in [2.05, 4.69) is 31.0 Å². The monoisotopic (exact) mass is 280 g/mol. The second-order valence-electron chi connectivity index (χ2n) is 7.74. The van der Waals surface area contributed by atoms with Gasteiger partial charge < -0.3 is 10.2 Å². The third-order valence-electron chi connectivity index (χ3n) is 5.71. The van der Waals surface area contributed by atoms with Gasteiger partial charge in [-0.3, -0.25) is 0 Å². The molecular formula is C18H36N2. The van der Waals surface area contributed by atoms with Crippen molar-refractivity contribution in [3.63, 3.8) is 0 Å². The van der Waals surface area contributed by atoms with Crippen LogP contribution < -0.4 is 5.32 Å². The van der Waals surface area contributed by atoms with E-state index in [0.29, 0.717) is 5.41 Å². The van der Waals surface area contributed by atoms with Gasteiger partial charge in [-0.25, -0.2) is 0 Å². The second-order valence-corrected chi connectivity index (χ2v) is 7.74. The summed E-state index contributed by atoms with van der Waals surface area (Å²) in [6, 6.07) is 0. The molecule has 118 valence electrons. The van der Waals surface area contributed by atoms with Crippen molar-refractivity contribution < 1.29 is 0 Å². The van der Waals surface area contributed by atoms with Crippen molar-refractivity contribution in [3.8, 4) is 0 Å². The van der Waals surface area contributed by atoms with E-state index in [1.807, 2.05) is 0 Å². The lowest BCUT2D eigenvalue weighted by atomic mass is 9.79. The van der Waals surface area contributed by atoms with E-state index in [-0.39, 0.29) is 0 Å². The molecule has 2 heteroatoms. The van der Waals surface area contributed by atoms with Crippen LogP contribution in [0.25, 0.3) is 0 Å². The summed E-state index contributed by atoms with van der Waals surface area (Å²) in [5.41, 5.74) is 0.565. The molecule has 2 fully saturated rings. The lowest BCUT2D eigenvalue weighted by Gasteiger charge is -2.37. The quantitative estimate of drug-likeness (QED) is 0.586. The number of nitrogens with zero attached hydrogens (tertiary/aromatic N) is 1. The summed E-state index contributed by atoms with van der Waals surface area (Å²) in [5.74, 6) is 1.78. The molecule has 1 saturated carbocycles. The predicted molar refractivity (Wildman–Crippen MR) is 88.1 cm³/mol. The van der Waals surface area contributed by atoms with Crippen LogP contribution in [0, 0.1) is 17.3 Å². The molecule has 2 atom stereocenters. The highest BCUT2D eigenvalue weighted by Gasteiger charge is 2.36. The van der Waals surface area contributed by atoms with Crippen LogP contribution in [0.2, 0.25) is 0 Å². The van der Waals surface area contributed by atoms with Crippen LogP contribution in [-0.4, -0.2) is 37.6 Å². The highest BCUT2D eigenvalue weighted by Crippen LogP contribution is 2.37. The summed E-state index contributed by atoms with van der Waals surface area (Å²) in [6.07, 6.45) is 9.98. The summed E-state index contributed by atoms with van der Waals surface area (Å²) in [7, 11) is 0. The van der Waals surface area contributed by atoms with Gasteiger partial charge in [-0.1, -0.05) is 46.5 Å². The van der Waals surface area contributed by atoms with Gasteiger partial charge in [0.2, 0.25) is 0 Å². The van der Waals surface area contributed by atoms with Gasteiger partial charge in [0.25, 0.3) is 0 Å². The van der Waals surface area contributed by atoms with E-state index in [1.54, 1.807) is 0 Å². The van der Waals surface area contributed by atoms with Crippen LogP contribution in [0.5, 0.6) is 0 Å². The number of hydrogen-bond acceptors (Lipinski definition) is 2. The molecule has 0 aromatic rings. The van der Waals surface area contributed by atoms with Crippen LogP contribution in [0.4, 0.5) is 0 Å². The molecule has 0 bridgehead atoms. The lowest BCUT2D eigenvalue weighted by molar-refractivity contribution is 0.141. The zero-order chi connectivity index (χ0) is 14.4. The number of nitrogens with one attached hydrogen (secondary N) is 1. The summed E-state index contributed by atoms with van der Waals surface area (Å²) < 4.78 is 0. The van der Waals surface area contributed by atoms with Crippen molar-refractivity contribution in [3.05, 3.63) is 0 Å². The molecule has 2 unspecified atom stereocenters. The zero-order valence-electron chi connectivity index (χ0n) is 14.1. The van der Waals surface area contributed by atoms with E-state index < -0.39 is 0 Å². The minimum atomic E-state index is 0.565. The molecule has 2 aliphatic rings. The minimum absolute atomic E-state index is 0.565. The smallest absolute Gasteiger partial charge is 0.00504 e. The second kappa shape index (κ2) is 7.79. The predicted octanol–water partition coefficient (Wildman–Crippen LogP) is 3.91. The summed E-state index contributed by atoms with van der Waals surface area (Å²) in [5, 5.41) is 3.74. The Hall–Kier alpha value is -0.0800. The first kappa shape index (κ1) is 16.3. The van der Waals surface area contributed by atoms with Crippen LogP contribution in [-0.2, 0) is 0 Å². The average molecular weight is 280 g/mol. The van der Waals surface area contributed by atoms with E-state index in [1.165, 1.54) is 77.7 Å². The fourth-order valence-electron chi connectivity index (χ4n) is 4.25. The molecule has 1 aliphatic heterocycles. The molecule has 0 aromatic heterocycles. The number of likely N-dealkylation sites (tertiary alicyclic amines) is 1. The van der Waals surface area contributed by atoms with Crippen molar-refractivity contribution in [2.24, 2.45) is 17.3 Å². The van der Waals surface area contributed by atoms with Gasteiger partial charge in [0.1, 0.15) is 0 Å². The normalized spacial score (nSPS) is 31.4. The lowest BCUT2D eigenvalue weighted by Crippen LogP contribution is -2.43. The van der Waals surface area contributed by atoms with Gasteiger partial charge in [0.05, 0.1) is 0 Å². The zero-order valence-corrected chi connectivity index (χ0v) is 14.1. The van der Waals surface area contributed by atoms with E-state index in [0.717, 1.165) is 11.8 Å². The molecular weight excluding hydrogens is 244 g/mol.